The Hall–Kier alpha value is -2.83. The van der Waals surface area contributed by atoms with Gasteiger partial charge < -0.3 is 20.6 Å². The molecule has 1 aromatic carbocycles. The van der Waals surface area contributed by atoms with Crippen LogP contribution in [0, 0.1) is 0 Å². The fourth-order valence-electron chi connectivity index (χ4n) is 1.82. The Balaban J connectivity index is 2.14. The molecule has 0 unspecified atom stereocenters. The van der Waals surface area contributed by atoms with Crippen LogP contribution in [0.1, 0.15) is 0 Å². The summed E-state index contributed by atoms with van der Waals surface area (Å²) in [7, 11) is 1.49. The molecule has 0 saturated carbocycles. The van der Waals surface area contributed by atoms with Crippen molar-refractivity contribution < 1.29 is 9.84 Å². The van der Waals surface area contributed by atoms with Gasteiger partial charge in [-0.05, 0) is 18.2 Å². The number of phenolic OH excluding ortho intramolecular Hbond substituents is 1. The third-order valence-electron chi connectivity index (χ3n) is 2.77. The van der Waals surface area contributed by atoms with E-state index in [1.807, 2.05) is 0 Å². The largest absolute Gasteiger partial charge is 0.504 e. The number of aromatic hydroxyl groups is 1. The van der Waals surface area contributed by atoms with Crippen LogP contribution in [-0.2, 0) is 0 Å². The lowest BCUT2D eigenvalue weighted by molar-refractivity contribution is 0.373. The van der Waals surface area contributed by atoms with E-state index in [1.165, 1.54) is 13.4 Å². The van der Waals surface area contributed by atoms with Gasteiger partial charge >= 0.3 is 0 Å². The number of benzene rings is 1. The number of imidazole rings is 1. The van der Waals surface area contributed by atoms with Gasteiger partial charge in [0.25, 0.3) is 0 Å². The summed E-state index contributed by atoms with van der Waals surface area (Å²) in [6.07, 6.45) is 1.35. The van der Waals surface area contributed by atoms with E-state index in [4.69, 9.17) is 10.5 Å². The lowest BCUT2D eigenvalue weighted by Crippen LogP contribution is -1.91. The number of nitrogen functional groups attached to an aromatic ring is 1. The summed E-state index contributed by atoms with van der Waals surface area (Å²) in [5.41, 5.74) is 7.50. The molecule has 0 atom stereocenters. The second kappa shape index (κ2) is 4.13. The number of nitrogens with two attached hydrogens (primary N) is 1. The van der Waals surface area contributed by atoms with Gasteiger partial charge in [-0.1, -0.05) is 0 Å². The van der Waals surface area contributed by atoms with Gasteiger partial charge in [0, 0.05) is 5.56 Å². The number of phenols is 1. The molecule has 0 aliphatic carbocycles. The fourth-order valence-corrected chi connectivity index (χ4v) is 1.82. The zero-order valence-corrected chi connectivity index (χ0v) is 10.1. The number of aromatic amines is 1. The van der Waals surface area contributed by atoms with Crippen LogP contribution < -0.4 is 10.5 Å². The minimum Gasteiger partial charge on any atom is -0.504 e. The average Bonchev–Trinajstić information content (AvgIpc) is 2.84. The first-order valence-electron chi connectivity index (χ1n) is 5.52. The summed E-state index contributed by atoms with van der Waals surface area (Å²) < 4.78 is 4.99. The van der Waals surface area contributed by atoms with Crippen molar-refractivity contribution in [2.24, 2.45) is 0 Å². The molecule has 0 aliphatic heterocycles. The summed E-state index contributed by atoms with van der Waals surface area (Å²) in [6.45, 7) is 0. The molecule has 0 amide bonds. The van der Waals surface area contributed by atoms with E-state index in [1.54, 1.807) is 18.2 Å². The molecule has 2 heterocycles. The first-order chi connectivity index (χ1) is 9.19. The lowest BCUT2D eigenvalue weighted by Gasteiger charge is -2.04. The van der Waals surface area contributed by atoms with Crippen molar-refractivity contribution in [3.05, 3.63) is 24.5 Å². The number of anilines is 1. The number of nitrogens with zero attached hydrogens (tertiary/aromatic N) is 3. The number of ether oxygens (including phenoxy) is 1. The Bertz CT molecular complexity index is 753. The number of rotatable bonds is 2. The van der Waals surface area contributed by atoms with E-state index in [0.717, 1.165) is 0 Å². The van der Waals surface area contributed by atoms with E-state index < -0.39 is 0 Å². The predicted octanol–water partition coefficient (Wildman–Crippen LogP) is 1.32. The molecule has 0 spiro atoms. The van der Waals surface area contributed by atoms with E-state index in [9.17, 15) is 5.11 Å². The van der Waals surface area contributed by atoms with Crippen LogP contribution in [0.15, 0.2) is 24.5 Å². The van der Waals surface area contributed by atoms with Gasteiger partial charge in [-0.3, -0.25) is 0 Å². The fraction of sp³-hybridized carbons (Fsp3) is 0.0833. The predicted molar refractivity (Wildman–Crippen MR) is 69.7 cm³/mol. The third-order valence-corrected chi connectivity index (χ3v) is 2.77. The topological polar surface area (TPSA) is 110 Å². The maximum absolute atomic E-state index is 9.76. The van der Waals surface area contributed by atoms with Crippen LogP contribution in [0.25, 0.3) is 22.6 Å². The number of H-pyrrole nitrogens is 1. The molecule has 0 fully saturated rings. The summed E-state index contributed by atoms with van der Waals surface area (Å²) in [4.78, 5) is 15.2. The van der Waals surface area contributed by atoms with Gasteiger partial charge in [-0.2, -0.15) is 0 Å². The van der Waals surface area contributed by atoms with Crippen LogP contribution in [0.3, 0.4) is 0 Å². The minimum atomic E-state index is 0.0412. The molecule has 19 heavy (non-hydrogen) atoms. The van der Waals surface area contributed by atoms with Gasteiger partial charge in [0.15, 0.2) is 23.0 Å². The molecule has 0 radical (unpaired) electrons. The van der Waals surface area contributed by atoms with Crippen LogP contribution in [-0.4, -0.2) is 32.2 Å². The zero-order valence-electron chi connectivity index (χ0n) is 10.1. The number of nitrogens with one attached hydrogen (secondary N) is 1. The molecule has 7 nitrogen and oxygen atoms in total. The standard InChI is InChI=1S/C12H11N5O2/c1-19-8-3-2-6(4-7(8)18)11-16-9-10(13)14-5-15-12(9)17-11/h2-5,18H,1H3,(H3,13,14,15,16,17). The molecule has 0 bridgehead atoms. The third kappa shape index (κ3) is 1.81. The van der Waals surface area contributed by atoms with Gasteiger partial charge in [0.2, 0.25) is 0 Å². The van der Waals surface area contributed by atoms with Gasteiger partial charge in [0.05, 0.1) is 7.11 Å². The van der Waals surface area contributed by atoms with Crippen LogP contribution in [0.4, 0.5) is 5.82 Å². The molecule has 3 aromatic rings. The number of aromatic nitrogens is 4. The Morgan fingerprint density at radius 1 is 1.32 bits per heavy atom. The molecule has 0 saturated heterocycles. The van der Waals surface area contributed by atoms with Crippen LogP contribution >= 0.6 is 0 Å². The van der Waals surface area contributed by atoms with Crippen LogP contribution in [0.2, 0.25) is 0 Å². The van der Waals surface area contributed by atoms with Crippen molar-refractivity contribution in [3.63, 3.8) is 0 Å². The molecule has 96 valence electrons. The maximum Gasteiger partial charge on any atom is 0.183 e. The summed E-state index contributed by atoms with van der Waals surface area (Å²) >= 11 is 0. The molecule has 3 rings (SSSR count). The molecular weight excluding hydrogens is 246 g/mol. The Morgan fingerprint density at radius 3 is 2.84 bits per heavy atom. The Morgan fingerprint density at radius 2 is 2.16 bits per heavy atom. The zero-order chi connectivity index (χ0) is 13.4. The van der Waals surface area contributed by atoms with E-state index >= 15 is 0 Å². The maximum atomic E-state index is 9.76. The van der Waals surface area contributed by atoms with Crippen molar-refractivity contribution >= 4 is 17.0 Å². The van der Waals surface area contributed by atoms with E-state index in [0.29, 0.717) is 34.1 Å². The minimum absolute atomic E-state index is 0.0412. The quantitative estimate of drug-likeness (QED) is 0.638. The highest BCUT2D eigenvalue weighted by molar-refractivity contribution is 5.84. The number of methoxy groups -OCH3 is 1. The monoisotopic (exact) mass is 257 g/mol. The first-order valence-corrected chi connectivity index (χ1v) is 5.52. The highest BCUT2D eigenvalue weighted by Crippen LogP contribution is 2.31. The highest BCUT2D eigenvalue weighted by Gasteiger charge is 2.11. The van der Waals surface area contributed by atoms with Gasteiger partial charge in [0.1, 0.15) is 17.7 Å². The summed E-state index contributed by atoms with van der Waals surface area (Å²) in [5.74, 6) is 1.33. The van der Waals surface area contributed by atoms with Crippen molar-refractivity contribution in [3.8, 4) is 22.9 Å². The first kappa shape index (κ1) is 11.3. The molecule has 4 N–H and O–H groups in total. The Labute approximate surface area is 108 Å². The van der Waals surface area contributed by atoms with Gasteiger partial charge in [-0.25, -0.2) is 15.0 Å². The Kier molecular flexibility index (Phi) is 2.45. The lowest BCUT2D eigenvalue weighted by atomic mass is 10.2. The van der Waals surface area contributed by atoms with E-state index in [-0.39, 0.29) is 5.75 Å². The summed E-state index contributed by atoms with van der Waals surface area (Å²) in [5, 5.41) is 9.76. The van der Waals surface area contributed by atoms with Crippen molar-refractivity contribution in [1.29, 1.82) is 0 Å². The molecular formula is C12H11N5O2. The molecule has 0 aliphatic rings. The smallest absolute Gasteiger partial charge is 0.183 e. The van der Waals surface area contributed by atoms with Crippen LogP contribution in [0.5, 0.6) is 11.5 Å². The summed E-state index contributed by atoms with van der Waals surface area (Å²) in [6, 6.07) is 4.99. The van der Waals surface area contributed by atoms with Crippen molar-refractivity contribution in [2.75, 3.05) is 12.8 Å². The van der Waals surface area contributed by atoms with Crippen molar-refractivity contribution in [1.82, 2.24) is 19.9 Å². The SMILES string of the molecule is COc1ccc(-c2nc3ncnc(N)c3[nH]2)cc1O. The number of fused-ring (bicyclic) bond motifs is 1. The normalized spacial score (nSPS) is 10.8. The number of hydrogen-bond donors (Lipinski definition) is 3. The van der Waals surface area contributed by atoms with E-state index in [2.05, 4.69) is 19.9 Å². The second-order valence-electron chi connectivity index (χ2n) is 3.93. The highest BCUT2D eigenvalue weighted by atomic mass is 16.5. The number of hydrogen-bond acceptors (Lipinski definition) is 6. The average molecular weight is 257 g/mol. The molecule has 2 aromatic heterocycles. The second-order valence-corrected chi connectivity index (χ2v) is 3.93. The molecule has 7 heteroatoms. The van der Waals surface area contributed by atoms with Crippen molar-refractivity contribution in [2.45, 2.75) is 0 Å². The van der Waals surface area contributed by atoms with Gasteiger partial charge in [-0.15, -0.1) is 0 Å².